The van der Waals surface area contributed by atoms with E-state index in [0.717, 1.165) is 57.4 Å². The van der Waals surface area contributed by atoms with E-state index in [1.165, 1.54) is 25.7 Å². The number of aryl methyl sites for hydroxylation is 1. The molecule has 138 valence electrons. The number of fused-ring (bicyclic) bond motifs is 1. The van der Waals surface area contributed by atoms with E-state index in [9.17, 15) is 0 Å². The van der Waals surface area contributed by atoms with Crippen molar-refractivity contribution in [1.82, 2.24) is 24.5 Å². The van der Waals surface area contributed by atoms with Gasteiger partial charge in [-0.1, -0.05) is 26.2 Å². The van der Waals surface area contributed by atoms with Gasteiger partial charge >= 0.3 is 0 Å². The first-order valence-electron chi connectivity index (χ1n) is 9.50. The Hall–Kier alpha value is -1.73. The van der Waals surface area contributed by atoms with Crippen molar-refractivity contribution in [2.75, 3.05) is 50.8 Å². The molecule has 0 unspecified atom stereocenters. The van der Waals surface area contributed by atoms with E-state index < -0.39 is 0 Å². The molecular weight excluding hydrogens is 316 g/mol. The van der Waals surface area contributed by atoms with Crippen LogP contribution in [0.3, 0.4) is 0 Å². The molecule has 0 saturated carbocycles. The summed E-state index contributed by atoms with van der Waals surface area (Å²) in [4.78, 5) is 13.7. The van der Waals surface area contributed by atoms with E-state index in [0.29, 0.717) is 5.78 Å². The number of hydrogen-bond acceptors (Lipinski definition) is 6. The highest BCUT2D eigenvalue weighted by molar-refractivity contribution is 5.47. The Balaban J connectivity index is 1.72. The SMILES string of the molecule is CCCCCCN(CCN1CCOCC1)c1cc(C)nc2ncnn12. The molecule has 1 aliphatic rings. The maximum atomic E-state index is 5.46. The number of aromatic nitrogens is 4. The van der Waals surface area contributed by atoms with Crippen molar-refractivity contribution >= 4 is 11.6 Å². The lowest BCUT2D eigenvalue weighted by Gasteiger charge is -2.31. The van der Waals surface area contributed by atoms with Crippen LogP contribution in [0.25, 0.3) is 5.78 Å². The van der Waals surface area contributed by atoms with Crippen molar-refractivity contribution in [1.29, 1.82) is 0 Å². The lowest BCUT2D eigenvalue weighted by Crippen LogP contribution is -2.42. The molecule has 2 aromatic heterocycles. The van der Waals surface area contributed by atoms with Gasteiger partial charge in [0.25, 0.3) is 5.78 Å². The number of rotatable bonds is 9. The topological polar surface area (TPSA) is 58.8 Å². The average Bonchev–Trinajstić information content (AvgIpc) is 3.10. The van der Waals surface area contributed by atoms with E-state index in [4.69, 9.17) is 4.74 Å². The second-order valence-electron chi connectivity index (χ2n) is 6.73. The van der Waals surface area contributed by atoms with Crippen molar-refractivity contribution < 1.29 is 4.74 Å². The first kappa shape index (κ1) is 18.1. The molecule has 7 nitrogen and oxygen atoms in total. The summed E-state index contributed by atoms with van der Waals surface area (Å²) in [5.41, 5.74) is 0.987. The maximum Gasteiger partial charge on any atom is 0.254 e. The van der Waals surface area contributed by atoms with Crippen LogP contribution in [0.1, 0.15) is 38.3 Å². The molecule has 1 saturated heterocycles. The van der Waals surface area contributed by atoms with E-state index in [2.05, 4.69) is 37.9 Å². The van der Waals surface area contributed by atoms with Crippen LogP contribution in [0.2, 0.25) is 0 Å². The number of anilines is 1. The molecule has 1 fully saturated rings. The Morgan fingerprint density at radius 1 is 1.16 bits per heavy atom. The second kappa shape index (κ2) is 9.10. The second-order valence-corrected chi connectivity index (χ2v) is 6.73. The van der Waals surface area contributed by atoms with Crippen molar-refractivity contribution in [3.63, 3.8) is 0 Å². The van der Waals surface area contributed by atoms with Gasteiger partial charge in [-0.3, -0.25) is 4.90 Å². The predicted octanol–water partition coefficient (Wildman–Crippen LogP) is 2.15. The van der Waals surface area contributed by atoms with E-state index in [-0.39, 0.29) is 0 Å². The van der Waals surface area contributed by atoms with Crippen LogP contribution < -0.4 is 4.90 Å². The van der Waals surface area contributed by atoms with Crippen molar-refractivity contribution in [2.24, 2.45) is 0 Å². The van der Waals surface area contributed by atoms with Gasteiger partial charge < -0.3 is 9.64 Å². The van der Waals surface area contributed by atoms with Gasteiger partial charge in [0.15, 0.2) is 0 Å². The van der Waals surface area contributed by atoms with Crippen LogP contribution in [0.5, 0.6) is 0 Å². The predicted molar refractivity (Wildman–Crippen MR) is 99.1 cm³/mol. The van der Waals surface area contributed by atoms with Crippen LogP contribution in [-0.2, 0) is 4.74 Å². The zero-order valence-corrected chi connectivity index (χ0v) is 15.5. The third-order valence-electron chi connectivity index (χ3n) is 4.76. The molecule has 0 radical (unpaired) electrons. The standard InChI is InChI=1S/C18H30N6O/c1-3-4-5-6-7-23(9-8-22-10-12-25-13-11-22)17-14-16(2)21-18-19-15-20-24(17)18/h14-15H,3-13H2,1-2H3. The third kappa shape index (κ3) is 4.89. The summed E-state index contributed by atoms with van der Waals surface area (Å²) in [6.45, 7) is 11.1. The maximum absolute atomic E-state index is 5.46. The summed E-state index contributed by atoms with van der Waals surface area (Å²) in [6, 6.07) is 2.13. The number of nitrogens with zero attached hydrogens (tertiary/aromatic N) is 6. The normalized spacial score (nSPS) is 15.8. The average molecular weight is 346 g/mol. The van der Waals surface area contributed by atoms with Gasteiger partial charge in [0, 0.05) is 44.5 Å². The van der Waals surface area contributed by atoms with Crippen LogP contribution in [0, 0.1) is 6.92 Å². The molecule has 0 bridgehead atoms. The van der Waals surface area contributed by atoms with Gasteiger partial charge in [-0.25, -0.2) is 4.98 Å². The summed E-state index contributed by atoms with van der Waals surface area (Å²) >= 11 is 0. The van der Waals surface area contributed by atoms with Crippen molar-refractivity contribution in [3.8, 4) is 0 Å². The Morgan fingerprint density at radius 3 is 2.80 bits per heavy atom. The van der Waals surface area contributed by atoms with Crippen LogP contribution in [-0.4, -0.2) is 70.4 Å². The third-order valence-corrected chi connectivity index (χ3v) is 4.76. The Morgan fingerprint density at radius 2 is 2.00 bits per heavy atom. The lowest BCUT2D eigenvalue weighted by atomic mass is 10.2. The smallest absolute Gasteiger partial charge is 0.254 e. The van der Waals surface area contributed by atoms with Gasteiger partial charge in [0.05, 0.1) is 13.2 Å². The number of ether oxygens (including phenoxy) is 1. The minimum atomic E-state index is 0.680. The number of unbranched alkanes of at least 4 members (excludes halogenated alkanes) is 3. The summed E-state index contributed by atoms with van der Waals surface area (Å²) < 4.78 is 7.33. The van der Waals surface area contributed by atoms with Crippen molar-refractivity contribution in [2.45, 2.75) is 39.5 Å². The summed E-state index contributed by atoms with van der Waals surface area (Å²) in [7, 11) is 0. The van der Waals surface area contributed by atoms with Gasteiger partial charge in [-0.2, -0.15) is 14.6 Å². The highest BCUT2D eigenvalue weighted by Gasteiger charge is 2.16. The van der Waals surface area contributed by atoms with Crippen LogP contribution in [0.4, 0.5) is 5.82 Å². The molecule has 25 heavy (non-hydrogen) atoms. The van der Waals surface area contributed by atoms with Crippen molar-refractivity contribution in [3.05, 3.63) is 18.1 Å². The molecule has 0 aliphatic carbocycles. The minimum Gasteiger partial charge on any atom is -0.379 e. The van der Waals surface area contributed by atoms with Gasteiger partial charge in [0.1, 0.15) is 12.1 Å². The molecule has 0 N–H and O–H groups in total. The van der Waals surface area contributed by atoms with E-state index in [1.54, 1.807) is 6.33 Å². The lowest BCUT2D eigenvalue weighted by molar-refractivity contribution is 0.0391. The highest BCUT2D eigenvalue weighted by atomic mass is 16.5. The molecule has 2 aromatic rings. The van der Waals surface area contributed by atoms with Gasteiger partial charge in [-0.15, -0.1) is 0 Å². The van der Waals surface area contributed by atoms with Gasteiger partial charge in [0.2, 0.25) is 0 Å². The first-order valence-corrected chi connectivity index (χ1v) is 9.50. The summed E-state index contributed by atoms with van der Waals surface area (Å²) in [5, 5.41) is 4.39. The molecular formula is C18H30N6O. The Labute approximate surface area is 150 Å². The number of hydrogen-bond donors (Lipinski definition) is 0. The molecule has 3 rings (SSSR count). The Bertz CT molecular complexity index is 652. The number of morpholine rings is 1. The molecule has 0 amide bonds. The largest absolute Gasteiger partial charge is 0.379 e. The zero-order valence-electron chi connectivity index (χ0n) is 15.5. The van der Waals surface area contributed by atoms with Crippen LogP contribution in [0.15, 0.2) is 12.4 Å². The molecule has 0 spiro atoms. The monoisotopic (exact) mass is 346 g/mol. The summed E-state index contributed by atoms with van der Waals surface area (Å²) in [5.74, 6) is 1.78. The highest BCUT2D eigenvalue weighted by Crippen LogP contribution is 2.17. The molecule has 0 aromatic carbocycles. The van der Waals surface area contributed by atoms with Crippen LogP contribution >= 0.6 is 0 Å². The fourth-order valence-electron chi connectivity index (χ4n) is 3.29. The molecule has 1 aliphatic heterocycles. The fraction of sp³-hybridized carbons (Fsp3) is 0.722. The van der Waals surface area contributed by atoms with E-state index in [1.807, 2.05) is 11.4 Å². The minimum absolute atomic E-state index is 0.680. The first-order chi connectivity index (χ1) is 12.3. The van der Waals surface area contributed by atoms with E-state index >= 15 is 0 Å². The quantitative estimate of drug-likeness (QED) is 0.649. The zero-order chi connectivity index (χ0) is 17.5. The van der Waals surface area contributed by atoms with Gasteiger partial charge in [-0.05, 0) is 13.3 Å². The molecule has 3 heterocycles. The Kier molecular flexibility index (Phi) is 6.58. The molecule has 7 heteroatoms. The fourth-order valence-corrected chi connectivity index (χ4v) is 3.29. The molecule has 0 atom stereocenters. The summed E-state index contributed by atoms with van der Waals surface area (Å²) in [6.07, 6.45) is 6.62.